The zero-order valence-corrected chi connectivity index (χ0v) is 9.23. The Morgan fingerprint density at radius 2 is 2.20 bits per heavy atom. The average molecular weight is 205 g/mol. The highest BCUT2D eigenvalue weighted by molar-refractivity contribution is 5.79. The van der Waals surface area contributed by atoms with Crippen molar-refractivity contribution in [1.82, 2.24) is 14.5 Å². The molecular weight excluding hydrogens is 190 g/mol. The minimum absolute atomic E-state index is 0.0836. The third-order valence-electron chi connectivity index (χ3n) is 2.71. The molecule has 0 aromatic carbocycles. The lowest BCUT2D eigenvalue weighted by Gasteiger charge is -2.24. The quantitative estimate of drug-likeness (QED) is 0.807. The fraction of sp³-hybridized carbons (Fsp3) is 0.455. The Morgan fingerprint density at radius 3 is 2.87 bits per heavy atom. The molecule has 0 fully saturated rings. The maximum atomic E-state index is 9.35. The van der Waals surface area contributed by atoms with Crippen molar-refractivity contribution >= 4 is 11.0 Å². The molecule has 0 unspecified atom stereocenters. The first kappa shape index (κ1) is 10.1. The van der Waals surface area contributed by atoms with E-state index in [2.05, 4.69) is 9.97 Å². The second kappa shape index (κ2) is 3.31. The van der Waals surface area contributed by atoms with Gasteiger partial charge in [-0.1, -0.05) is 0 Å². The zero-order valence-electron chi connectivity index (χ0n) is 9.23. The van der Waals surface area contributed by atoms with Gasteiger partial charge in [0.15, 0.2) is 0 Å². The molecule has 2 rings (SSSR count). The Bertz CT molecular complexity index is 488. The van der Waals surface area contributed by atoms with Gasteiger partial charge in [0, 0.05) is 17.8 Å². The van der Waals surface area contributed by atoms with E-state index in [1.165, 1.54) is 6.33 Å². The van der Waals surface area contributed by atoms with Crippen LogP contribution in [0.4, 0.5) is 0 Å². The van der Waals surface area contributed by atoms with E-state index in [0.29, 0.717) is 0 Å². The fourth-order valence-electron chi connectivity index (χ4n) is 1.66. The average Bonchev–Trinajstić information content (AvgIpc) is 2.58. The van der Waals surface area contributed by atoms with E-state index < -0.39 is 0 Å². The first-order valence-corrected chi connectivity index (χ1v) is 4.95. The number of aromatic nitrogens is 3. The molecule has 0 bridgehead atoms. The van der Waals surface area contributed by atoms with Gasteiger partial charge in [0.05, 0.1) is 12.1 Å². The minimum Gasteiger partial charge on any atom is -0.394 e. The van der Waals surface area contributed by atoms with E-state index in [1.54, 1.807) is 0 Å². The van der Waals surface area contributed by atoms with Crippen LogP contribution in [-0.4, -0.2) is 26.2 Å². The van der Waals surface area contributed by atoms with Crippen molar-refractivity contribution in [3.63, 3.8) is 0 Å². The summed E-state index contributed by atoms with van der Waals surface area (Å²) in [4.78, 5) is 8.26. The predicted molar refractivity (Wildman–Crippen MR) is 58.7 cm³/mol. The lowest BCUT2D eigenvalue weighted by atomic mass is 10.1. The molecule has 2 heterocycles. The number of hydrogen-bond acceptors (Lipinski definition) is 3. The van der Waals surface area contributed by atoms with Crippen molar-refractivity contribution in [1.29, 1.82) is 0 Å². The van der Waals surface area contributed by atoms with Gasteiger partial charge in [0.2, 0.25) is 0 Å². The van der Waals surface area contributed by atoms with Crippen molar-refractivity contribution in [3.8, 4) is 0 Å². The molecule has 2 aromatic heterocycles. The molecule has 4 nitrogen and oxygen atoms in total. The summed E-state index contributed by atoms with van der Waals surface area (Å²) < 4.78 is 2.00. The maximum absolute atomic E-state index is 9.35. The molecule has 0 spiro atoms. The lowest BCUT2D eigenvalue weighted by molar-refractivity contribution is 0.168. The minimum atomic E-state index is -0.332. The molecule has 0 aliphatic rings. The van der Waals surface area contributed by atoms with E-state index in [-0.39, 0.29) is 12.1 Å². The van der Waals surface area contributed by atoms with Crippen LogP contribution in [0.25, 0.3) is 11.0 Å². The van der Waals surface area contributed by atoms with Crippen molar-refractivity contribution in [2.24, 2.45) is 0 Å². The van der Waals surface area contributed by atoms with Crippen molar-refractivity contribution in [2.75, 3.05) is 6.61 Å². The predicted octanol–water partition coefficient (Wildman–Crippen LogP) is 1.47. The van der Waals surface area contributed by atoms with Crippen LogP contribution in [0, 0.1) is 6.92 Å². The first-order chi connectivity index (χ1) is 7.06. The van der Waals surface area contributed by atoms with Gasteiger partial charge in [-0.2, -0.15) is 0 Å². The SMILES string of the molecule is Cc1cn(C(C)(C)CO)c2ncncc12. The van der Waals surface area contributed by atoms with Crippen LogP contribution in [0.2, 0.25) is 0 Å². The van der Waals surface area contributed by atoms with Crippen LogP contribution < -0.4 is 0 Å². The molecular formula is C11H15N3O. The monoisotopic (exact) mass is 205 g/mol. The Morgan fingerprint density at radius 1 is 1.47 bits per heavy atom. The topological polar surface area (TPSA) is 50.9 Å². The Kier molecular flexibility index (Phi) is 2.23. The summed E-state index contributed by atoms with van der Waals surface area (Å²) in [6, 6.07) is 0. The molecule has 0 atom stereocenters. The molecule has 15 heavy (non-hydrogen) atoms. The third kappa shape index (κ3) is 1.51. The van der Waals surface area contributed by atoms with E-state index >= 15 is 0 Å². The van der Waals surface area contributed by atoms with Crippen molar-refractivity contribution in [3.05, 3.63) is 24.3 Å². The number of rotatable bonds is 2. The van der Waals surface area contributed by atoms with Crippen LogP contribution >= 0.6 is 0 Å². The molecule has 0 aliphatic heterocycles. The Labute approximate surface area is 88.6 Å². The molecule has 80 valence electrons. The summed E-state index contributed by atoms with van der Waals surface area (Å²) in [6.45, 7) is 6.07. The van der Waals surface area contributed by atoms with Crippen LogP contribution in [0.1, 0.15) is 19.4 Å². The Balaban J connectivity index is 2.72. The zero-order chi connectivity index (χ0) is 11.1. The van der Waals surface area contributed by atoms with Crippen LogP contribution in [0.3, 0.4) is 0 Å². The highest BCUT2D eigenvalue weighted by Gasteiger charge is 2.22. The van der Waals surface area contributed by atoms with Crippen molar-refractivity contribution < 1.29 is 5.11 Å². The highest BCUT2D eigenvalue weighted by atomic mass is 16.3. The third-order valence-corrected chi connectivity index (χ3v) is 2.71. The molecule has 0 saturated carbocycles. The molecule has 4 heteroatoms. The summed E-state index contributed by atoms with van der Waals surface area (Å²) in [7, 11) is 0. The standard InChI is InChI=1S/C11H15N3O/c1-8-5-14(11(2,3)6-15)10-9(8)4-12-7-13-10/h4-5,7,15H,6H2,1-3H3. The molecule has 0 amide bonds. The summed E-state index contributed by atoms with van der Waals surface area (Å²) in [6.07, 6.45) is 5.35. The number of aliphatic hydroxyl groups excluding tert-OH is 1. The number of nitrogens with zero attached hydrogens (tertiary/aromatic N) is 3. The molecule has 0 radical (unpaired) electrons. The van der Waals surface area contributed by atoms with Gasteiger partial charge < -0.3 is 9.67 Å². The van der Waals surface area contributed by atoms with E-state index in [4.69, 9.17) is 0 Å². The van der Waals surface area contributed by atoms with Gasteiger partial charge in [-0.15, -0.1) is 0 Å². The number of aliphatic hydroxyl groups is 1. The second-order valence-electron chi connectivity index (χ2n) is 4.41. The van der Waals surface area contributed by atoms with Crippen molar-refractivity contribution in [2.45, 2.75) is 26.3 Å². The molecule has 2 aromatic rings. The van der Waals surface area contributed by atoms with Gasteiger partial charge in [-0.05, 0) is 26.3 Å². The number of hydrogen-bond donors (Lipinski definition) is 1. The van der Waals surface area contributed by atoms with Crippen LogP contribution in [0.15, 0.2) is 18.7 Å². The number of fused-ring (bicyclic) bond motifs is 1. The Hall–Kier alpha value is -1.42. The largest absolute Gasteiger partial charge is 0.394 e. The summed E-state index contributed by atoms with van der Waals surface area (Å²) in [5.74, 6) is 0. The first-order valence-electron chi connectivity index (χ1n) is 4.95. The summed E-state index contributed by atoms with van der Waals surface area (Å²) in [5, 5.41) is 10.4. The van der Waals surface area contributed by atoms with Gasteiger partial charge in [-0.25, -0.2) is 9.97 Å². The van der Waals surface area contributed by atoms with Gasteiger partial charge >= 0.3 is 0 Å². The van der Waals surface area contributed by atoms with Gasteiger partial charge in [0.1, 0.15) is 12.0 Å². The van der Waals surface area contributed by atoms with E-state index in [0.717, 1.165) is 16.6 Å². The molecule has 0 aliphatic carbocycles. The van der Waals surface area contributed by atoms with Gasteiger partial charge in [0.25, 0.3) is 0 Å². The van der Waals surface area contributed by atoms with Gasteiger partial charge in [-0.3, -0.25) is 0 Å². The lowest BCUT2D eigenvalue weighted by Crippen LogP contribution is -2.29. The highest BCUT2D eigenvalue weighted by Crippen LogP contribution is 2.24. The second-order valence-corrected chi connectivity index (χ2v) is 4.41. The van der Waals surface area contributed by atoms with E-state index in [1.807, 2.05) is 37.7 Å². The maximum Gasteiger partial charge on any atom is 0.144 e. The molecule has 0 saturated heterocycles. The number of aryl methyl sites for hydroxylation is 1. The molecule has 1 N–H and O–H groups in total. The normalized spacial score (nSPS) is 12.3. The summed E-state index contributed by atoms with van der Waals surface area (Å²) >= 11 is 0. The fourth-order valence-corrected chi connectivity index (χ4v) is 1.66. The summed E-state index contributed by atoms with van der Waals surface area (Å²) in [5.41, 5.74) is 1.68. The van der Waals surface area contributed by atoms with E-state index in [9.17, 15) is 5.11 Å². The van der Waals surface area contributed by atoms with Crippen LogP contribution in [0.5, 0.6) is 0 Å². The van der Waals surface area contributed by atoms with Crippen LogP contribution in [-0.2, 0) is 5.54 Å². The smallest absolute Gasteiger partial charge is 0.144 e.